The fourth-order valence-corrected chi connectivity index (χ4v) is 3.44. The zero-order valence-corrected chi connectivity index (χ0v) is 14.7. The second-order valence-corrected chi connectivity index (χ2v) is 8.10. The highest BCUT2D eigenvalue weighted by atomic mass is 32.2. The van der Waals surface area contributed by atoms with Gasteiger partial charge in [0, 0.05) is 5.54 Å². The van der Waals surface area contributed by atoms with E-state index in [9.17, 15) is 13.2 Å². The van der Waals surface area contributed by atoms with Crippen molar-refractivity contribution in [3.63, 3.8) is 0 Å². The molecule has 0 bridgehead atoms. The van der Waals surface area contributed by atoms with Crippen LogP contribution in [0.1, 0.15) is 26.3 Å². The van der Waals surface area contributed by atoms with Crippen molar-refractivity contribution >= 4 is 21.6 Å². The molecule has 0 spiro atoms. The van der Waals surface area contributed by atoms with Crippen LogP contribution in [0.25, 0.3) is 0 Å². The van der Waals surface area contributed by atoms with Crippen molar-refractivity contribution in [2.45, 2.75) is 33.2 Å². The number of carbonyl (C=O) groups excluding carboxylic acids is 1. The molecule has 0 aliphatic rings. The van der Waals surface area contributed by atoms with Crippen LogP contribution in [0.15, 0.2) is 18.2 Å². The molecule has 22 heavy (non-hydrogen) atoms. The Bertz CT molecular complexity index is 648. The number of aryl methyl sites for hydroxylation is 1. The summed E-state index contributed by atoms with van der Waals surface area (Å²) in [5, 5.41) is 2.71. The number of methoxy groups -OCH3 is 1. The number of benzene rings is 1. The number of sulfonamides is 1. The fourth-order valence-electron chi connectivity index (χ4n) is 2.09. The predicted octanol–water partition coefficient (Wildman–Crippen LogP) is 2.00. The molecule has 0 radical (unpaired) electrons. The van der Waals surface area contributed by atoms with E-state index in [1.807, 2.05) is 13.0 Å². The summed E-state index contributed by atoms with van der Waals surface area (Å²) in [6, 6.07) is 5.40. The molecule has 0 aliphatic carbocycles. The van der Waals surface area contributed by atoms with Gasteiger partial charge in [-0.3, -0.25) is 4.79 Å². The maximum Gasteiger partial charge on any atom is 0.239 e. The Balaban J connectivity index is 2.96. The molecule has 1 N–H and O–H groups in total. The molecule has 1 rings (SSSR count). The van der Waals surface area contributed by atoms with E-state index in [2.05, 4.69) is 5.32 Å². The van der Waals surface area contributed by atoms with Crippen molar-refractivity contribution in [1.29, 1.82) is 0 Å². The van der Waals surface area contributed by atoms with E-state index in [0.717, 1.165) is 16.1 Å². The van der Waals surface area contributed by atoms with Crippen molar-refractivity contribution < 1.29 is 17.9 Å². The van der Waals surface area contributed by atoms with Crippen LogP contribution in [0.3, 0.4) is 0 Å². The summed E-state index contributed by atoms with van der Waals surface area (Å²) in [6.45, 7) is 6.88. The van der Waals surface area contributed by atoms with E-state index in [4.69, 9.17) is 4.74 Å². The van der Waals surface area contributed by atoms with E-state index in [1.54, 1.807) is 32.9 Å². The first-order chi connectivity index (χ1) is 9.95. The summed E-state index contributed by atoms with van der Waals surface area (Å²) in [7, 11) is -1.98. The minimum atomic E-state index is -3.49. The largest absolute Gasteiger partial charge is 0.495 e. The lowest BCUT2D eigenvalue weighted by Gasteiger charge is -2.32. The molecule has 6 nitrogen and oxygen atoms in total. The van der Waals surface area contributed by atoms with Gasteiger partial charge in [0.2, 0.25) is 15.9 Å². The number of anilines is 1. The number of nitrogens with zero attached hydrogens (tertiary/aromatic N) is 1. The fraction of sp³-hybridized carbons (Fsp3) is 0.533. The average Bonchev–Trinajstić information content (AvgIpc) is 2.33. The SMILES string of the molecule is COc1ccc(C)cc1NC(=O)CN(C(C)(C)C)S(C)(=O)=O. The highest BCUT2D eigenvalue weighted by Crippen LogP contribution is 2.25. The number of ether oxygens (including phenoxy) is 1. The third-order valence-corrected chi connectivity index (χ3v) is 4.54. The van der Waals surface area contributed by atoms with Gasteiger partial charge in [0.1, 0.15) is 5.75 Å². The first-order valence-electron chi connectivity index (χ1n) is 6.87. The van der Waals surface area contributed by atoms with Gasteiger partial charge in [0.25, 0.3) is 0 Å². The molecule has 1 amide bonds. The molecule has 0 fully saturated rings. The average molecular weight is 328 g/mol. The van der Waals surface area contributed by atoms with Crippen LogP contribution in [-0.2, 0) is 14.8 Å². The highest BCUT2D eigenvalue weighted by molar-refractivity contribution is 7.88. The van der Waals surface area contributed by atoms with Crippen LogP contribution in [-0.4, -0.2) is 44.1 Å². The Morgan fingerprint density at radius 1 is 1.32 bits per heavy atom. The zero-order chi connectivity index (χ0) is 17.1. The first kappa shape index (κ1) is 18.4. The molecule has 0 atom stereocenters. The highest BCUT2D eigenvalue weighted by Gasteiger charge is 2.31. The van der Waals surface area contributed by atoms with Crippen LogP contribution >= 0.6 is 0 Å². The number of hydrogen-bond donors (Lipinski definition) is 1. The lowest BCUT2D eigenvalue weighted by molar-refractivity contribution is -0.117. The lowest BCUT2D eigenvalue weighted by Crippen LogP contribution is -2.48. The van der Waals surface area contributed by atoms with E-state index in [-0.39, 0.29) is 6.54 Å². The Morgan fingerprint density at radius 3 is 2.36 bits per heavy atom. The van der Waals surface area contributed by atoms with Gasteiger partial charge < -0.3 is 10.1 Å². The maximum atomic E-state index is 12.2. The van der Waals surface area contributed by atoms with Crippen molar-refractivity contribution in [1.82, 2.24) is 4.31 Å². The van der Waals surface area contributed by atoms with Gasteiger partial charge in [0.05, 0.1) is 25.6 Å². The molecule has 0 unspecified atom stereocenters. The molecule has 0 saturated heterocycles. The van der Waals surface area contributed by atoms with Gasteiger partial charge in [-0.05, 0) is 45.4 Å². The third-order valence-electron chi connectivity index (χ3n) is 3.06. The summed E-state index contributed by atoms with van der Waals surface area (Å²) in [4.78, 5) is 12.2. The summed E-state index contributed by atoms with van der Waals surface area (Å²) in [5.74, 6) is 0.116. The number of rotatable bonds is 5. The van der Waals surface area contributed by atoms with Gasteiger partial charge in [0.15, 0.2) is 0 Å². The monoisotopic (exact) mass is 328 g/mol. The lowest BCUT2D eigenvalue weighted by atomic mass is 10.1. The van der Waals surface area contributed by atoms with Crippen molar-refractivity contribution in [3.8, 4) is 5.75 Å². The second-order valence-electron chi connectivity index (χ2n) is 6.19. The number of amides is 1. The minimum Gasteiger partial charge on any atom is -0.495 e. The van der Waals surface area contributed by atoms with Crippen molar-refractivity contribution in [2.75, 3.05) is 25.2 Å². The summed E-state index contributed by atoms with van der Waals surface area (Å²) in [5.41, 5.74) is 0.809. The van der Waals surface area contributed by atoms with Gasteiger partial charge >= 0.3 is 0 Å². The maximum absolute atomic E-state index is 12.2. The van der Waals surface area contributed by atoms with Crippen LogP contribution < -0.4 is 10.1 Å². The summed E-state index contributed by atoms with van der Waals surface area (Å²) < 4.78 is 30.1. The van der Waals surface area contributed by atoms with Gasteiger partial charge in [-0.1, -0.05) is 6.07 Å². The Hall–Kier alpha value is -1.60. The van der Waals surface area contributed by atoms with Gasteiger partial charge in [-0.15, -0.1) is 0 Å². The summed E-state index contributed by atoms with van der Waals surface area (Å²) >= 11 is 0. The molecule has 0 saturated carbocycles. The molecular weight excluding hydrogens is 304 g/mol. The Morgan fingerprint density at radius 2 is 1.91 bits per heavy atom. The third kappa shape index (κ3) is 4.99. The predicted molar refractivity (Wildman–Crippen MR) is 87.7 cm³/mol. The Kier molecular flexibility index (Phi) is 5.59. The molecule has 124 valence electrons. The number of carbonyl (C=O) groups is 1. The first-order valence-corrected chi connectivity index (χ1v) is 8.72. The van der Waals surface area contributed by atoms with E-state index in [0.29, 0.717) is 11.4 Å². The van der Waals surface area contributed by atoms with Crippen molar-refractivity contribution in [3.05, 3.63) is 23.8 Å². The molecule has 1 aromatic carbocycles. The van der Waals surface area contributed by atoms with Crippen LogP contribution in [0.5, 0.6) is 5.75 Å². The van der Waals surface area contributed by atoms with Crippen LogP contribution in [0, 0.1) is 6.92 Å². The molecule has 1 aromatic rings. The minimum absolute atomic E-state index is 0.251. The smallest absolute Gasteiger partial charge is 0.239 e. The van der Waals surface area contributed by atoms with E-state index >= 15 is 0 Å². The second kappa shape index (κ2) is 6.66. The molecule has 7 heteroatoms. The number of hydrogen-bond acceptors (Lipinski definition) is 4. The van der Waals surface area contributed by atoms with Gasteiger partial charge in [-0.2, -0.15) is 4.31 Å². The molecular formula is C15H24N2O4S. The molecule has 0 heterocycles. The quantitative estimate of drug-likeness (QED) is 0.897. The van der Waals surface area contributed by atoms with Gasteiger partial charge in [-0.25, -0.2) is 8.42 Å². The van der Waals surface area contributed by atoms with E-state index < -0.39 is 21.5 Å². The van der Waals surface area contributed by atoms with Crippen molar-refractivity contribution in [2.24, 2.45) is 0 Å². The number of nitrogens with one attached hydrogen (secondary N) is 1. The molecule has 0 aliphatic heterocycles. The molecule has 0 aromatic heterocycles. The standard InChI is InChI=1S/C15H24N2O4S/c1-11-7-8-13(21-5)12(9-11)16-14(18)10-17(15(2,3)4)22(6,19)20/h7-9H,10H2,1-6H3,(H,16,18). The topological polar surface area (TPSA) is 75.7 Å². The van der Waals surface area contributed by atoms with Crippen LogP contribution in [0.4, 0.5) is 5.69 Å². The zero-order valence-electron chi connectivity index (χ0n) is 13.9. The summed E-state index contributed by atoms with van der Waals surface area (Å²) in [6.07, 6.45) is 1.10. The van der Waals surface area contributed by atoms with E-state index in [1.165, 1.54) is 7.11 Å². The normalized spacial score (nSPS) is 12.3. The Labute approximate surface area is 132 Å². The van der Waals surface area contributed by atoms with Crippen LogP contribution in [0.2, 0.25) is 0 Å².